The van der Waals surface area contributed by atoms with Gasteiger partial charge in [-0.25, -0.2) is 0 Å². The molecule has 0 radical (unpaired) electrons. The van der Waals surface area contributed by atoms with Crippen LogP contribution in [-0.2, 0) is 13.0 Å². The zero-order chi connectivity index (χ0) is 14.0. The first-order valence-electron chi connectivity index (χ1n) is 6.45. The molecule has 0 spiro atoms. The summed E-state index contributed by atoms with van der Waals surface area (Å²) in [5, 5.41) is 3.36. The van der Waals surface area contributed by atoms with Crippen LogP contribution in [0.3, 0.4) is 0 Å². The highest BCUT2D eigenvalue weighted by Gasteiger charge is 2.33. The molecule has 5 heteroatoms. The summed E-state index contributed by atoms with van der Waals surface area (Å²) in [6.07, 6.45) is -3.10. The fourth-order valence-electron chi connectivity index (χ4n) is 2.54. The van der Waals surface area contributed by atoms with Gasteiger partial charge < -0.3 is 10.1 Å². The van der Waals surface area contributed by atoms with Crippen LogP contribution >= 0.6 is 0 Å². The summed E-state index contributed by atoms with van der Waals surface area (Å²) in [6.45, 7) is 4.81. The lowest BCUT2D eigenvalue weighted by Gasteiger charge is -2.29. The topological polar surface area (TPSA) is 21.3 Å². The molecule has 1 unspecified atom stereocenters. The number of rotatable bonds is 3. The minimum absolute atomic E-state index is 0.0553. The molecule has 1 aliphatic rings. The lowest BCUT2D eigenvalue weighted by molar-refractivity contribution is -0.275. The van der Waals surface area contributed by atoms with E-state index in [1.54, 1.807) is 6.07 Å². The fourth-order valence-corrected chi connectivity index (χ4v) is 2.54. The average Bonchev–Trinajstić information content (AvgIpc) is 2.27. The quantitative estimate of drug-likeness (QED) is 0.907. The van der Waals surface area contributed by atoms with Crippen molar-refractivity contribution in [1.29, 1.82) is 0 Å². The molecule has 1 atom stereocenters. The molecule has 2 nitrogen and oxygen atoms in total. The van der Waals surface area contributed by atoms with E-state index >= 15 is 0 Å². The second kappa shape index (κ2) is 5.41. The van der Waals surface area contributed by atoms with Crippen molar-refractivity contribution in [3.05, 3.63) is 29.3 Å². The first-order chi connectivity index (χ1) is 8.85. The van der Waals surface area contributed by atoms with Gasteiger partial charge in [-0.2, -0.15) is 0 Å². The third-order valence-electron chi connectivity index (χ3n) is 3.24. The molecule has 1 heterocycles. The monoisotopic (exact) mass is 273 g/mol. The number of fused-ring (bicyclic) bond motifs is 1. The van der Waals surface area contributed by atoms with Gasteiger partial charge in [0.25, 0.3) is 0 Å². The Labute approximate surface area is 111 Å². The zero-order valence-corrected chi connectivity index (χ0v) is 11.1. The summed E-state index contributed by atoms with van der Waals surface area (Å²) in [6, 6.07) is 5.05. The number of ether oxygens (including phenoxy) is 1. The second-order valence-corrected chi connectivity index (χ2v) is 5.35. The molecule has 0 aliphatic carbocycles. The van der Waals surface area contributed by atoms with E-state index in [9.17, 15) is 13.2 Å². The molecule has 1 aromatic carbocycles. The van der Waals surface area contributed by atoms with Gasteiger partial charge in [-0.3, -0.25) is 0 Å². The van der Waals surface area contributed by atoms with Crippen LogP contribution in [0.4, 0.5) is 13.2 Å². The first-order valence-corrected chi connectivity index (χ1v) is 6.45. The van der Waals surface area contributed by atoms with E-state index in [0.29, 0.717) is 24.4 Å². The van der Waals surface area contributed by atoms with E-state index < -0.39 is 6.36 Å². The van der Waals surface area contributed by atoms with Crippen LogP contribution in [0.5, 0.6) is 5.75 Å². The molecule has 19 heavy (non-hydrogen) atoms. The minimum Gasteiger partial charge on any atom is -0.405 e. The van der Waals surface area contributed by atoms with Crippen molar-refractivity contribution >= 4 is 0 Å². The Kier molecular flexibility index (Phi) is 4.04. The Morgan fingerprint density at radius 1 is 1.37 bits per heavy atom. The van der Waals surface area contributed by atoms with Crippen LogP contribution in [-0.4, -0.2) is 12.4 Å². The van der Waals surface area contributed by atoms with Gasteiger partial charge in [0.1, 0.15) is 5.75 Å². The lowest BCUT2D eigenvalue weighted by atomic mass is 9.90. The molecule has 0 aromatic heterocycles. The molecule has 0 fully saturated rings. The summed E-state index contributed by atoms with van der Waals surface area (Å²) in [7, 11) is 0. The Bertz CT molecular complexity index is 443. The second-order valence-electron chi connectivity index (χ2n) is 5.35. The number of benzene rings is 1. The highest BCUT2D eigenvalue weighted by molar-refractivity contribution is 5.42. The summed E-state index contributed by atoms with van der Waals surface area (Å²) in [5.74, 6) is 0.454. The fraction of sp³-hybridized carbons (Fsp3) is 0.571. The summed E-state index contributed by atoms with van der Waals surface area (Å²) in [4.78, 5) is 0. The van der Waals surface area contributed by atoms with Gasteiger partial charge in [0, 0.05) is 18.2 Å². The van der Waals surface area contributed by atoms with Crippen LogP contribution < -0.4 is 10.1 Å². The van der Waals surface area contributed by atoms with E-state index in [4.69, 9.17) is 0 Å². The van der Waals surface area contributed by atoms with Crippen molar-refractivity contribution in [3.63, 3.8) is 0 Å². The van der Waals surface area contributed by atoms with Crippen molar-refractivity contribution < 1.29 is 17.9 Å². The van der Waals surface area contributed by atoms with E-state index in [1.165, 1.54) is 6.07 Å². The predicted molar refractivity (Wildman–Crippen MR) is 66.9 cm³/mol. The Balaban J connectivity index is 2.20. The SMILES string of the molecule is CC(C)CC1Cc2c(cccc2OC(F)(F)F)CN1. The molecular formula is C14H18F3NO. The Morgan fingerprint density at radius 2 is 2.11 bits per heavy atom. The molecule has 0 saturated carbocycles. The third-order valence-corrected chi connectivity index (χ3v) is 3.24. The van der Waals surface area contributed by atoms with Crippen LogP contribution in [0.1, 0.15) is 31.4 Å². The van der Waals surface area contributed by atoms with Crippen LogP contribution in [0, 0.1) is 5.92 Å². The number of alkyl halides is 3. The van der Waals surface area contributed by atoms with E-state index in [-0.39, 0.29) is 11.8 Å². The van der Waals surface area contributed by atoms with Gasteiger partial charge in [-0.05, 0) is 30.4 Å². The van der Waals surface area contributed by atoms with Crippen LogP contribution in [0.25, 0.3) is 0 Å². The van der Waals surface area contributed by atoms with Crippen molar-refractivity contribution in [1.82, 2.24) is 5.32 Å². The molecule has 1 aliphatic heterocycles. The number of hydrogen-bond donors (Lipinski definition) is 1. The first kappa shape index (κ1) is 14.2. The van der Waals surface area contributed by atoms with E-state index in [0.717, 1.165) is 12.0 Å². The Hall–Kier alpha value is -1.23. The van der Waals surface area contributed by atoms with E-state index in [1.807, 2.05) is 6.07 Å². The molecule has 2 rings (SSSR count). The molecule has 0 saturated heterocycles. The van der Waals surface area contributed by atoms with Gasteiger partial charge in [-0.15, -0.1) is 13.2 Å². The molecular weight excluding hydrogens is 255 g/mol. The number of halogens is 3. The maximum absolute atomic E-state index is 12.4. The normalized spacial score (nSPS) is 19.4. The van der Waals surface area contributed by atoms with Crippen LogP contribution in [0.2, 0.25) is 0 Å². The smallest absolute Gasteiger partial charge is 0.405 e. The largest absolute Gasteiger partial charge is 0.573 e. The maximum atomic E-state index is 12.4. The van der Waals surface area contributed by atoms with Crippen molar-refractivity contribution in [2.24, 2.45) is 5.92 Å². The molecule has 1 N–H and O–H groups in total. The predicted octanol–water partition coefficient (Wildman–Crippen LogP) is 3.65. The molecule has 0 amide bonds. The highest BCUT2D eigenvalue weighted by atomic mass is 19.4. The number of nitrogens with one attached hydrogen (secondary N) is 1. The van der Waals surface area contributed by atoms with Crippen molar-refractivity contribution in [2.45, 2.75) is 45.6 Å². The zero-order valence-electron chi connectivity index (χ0n) is 11.1. The summed E-state index contributed by atoms with van der Waals surface area (Å²) < 4.78 is 41.3. The van der Waals surface area contributed by atoms with E-state index in [2.05, 4.69) is 23.9 Å². The van der Waals surface area contributed by atoms with Gasteiger partial charge >= 0.3 is 6.36 Å². The van der Waals surface area contributed by atoms with Crippen LogP contribution in [0.15, 0.2) is 18.2 Å². The average molecular weight is 273 g/mol. The van der Waals surface area contributed by atoms with Gasteiger partial charge in [0.15, 0.2) is 0 Å². The molecule has 0 bridgehead atoms. The standard InChI is InChI=1S/C14H18F3NO/c1-9(2)6-11-7-12-10(8-18-11)4-3-5-13(12)19-14(15,16)17/h3-5,9,11,18H,6-8H2,1-2H3. The minimum atomic E-state index is -4.63. The maximum Gasteiger partial charge on any atom is 0.573 e. The summed E-state index contributed by atoms with van der Waals surface area (Å²) >= 11 is 0. The van der Waals surface area contributed by atoms with Gasteiger partial charge in [-0.1, -0.05) is 26.0 Å². The van der Waals surface area contributed by atoms with Crippen molar-refractivity contribution in [3.8, 4) is 5.75 Å². The Morgan fingerprint density at radius 3 is 2.74 bits per heavy atom. The third kappa shape index (κ3) is 3.86. The van der Waals surface area contributed by atoms with Gasteiger partial charge in [0.2, 0.25) is 0 Å². The molecule has 1 aromatic rings. The number of hydrogen-bond acceptors (Lipinski definition) is 2. The lowest BCUT2D eigenvalue weighted by Crippen LogP contribution is -2.37. The van der Waals surface area contributed by atoms with Gasteiger partial charge in [0.05, 0.1) is 0 Å². The summed E-state index contributed by atoms with van der Waals surface area (Å²) in [5.41, 5.74) is 1.57. The highest BCUT2D eigenvalue weighted by Crippen LogP contribution is 2.32. The molecule has 106 valence electrons. The van der Waals surface area contributed by atoms with Crippen molar-refractivity contribution in [2.75, 3.05) is 0 Å².